The molecule has 3 aromatic rings. The molecule has 29 heavy (non-hydrogen) atoms. The second kappa shape index (κ2) is 8.64. The van der Waals surface area contributed by atoms with Crippen molar-refractivity contribution in [3.8, 4) is 5.75 Å². The Hall–Kier alpha value is -2.89. The molecule has 0 saturated carbocycles. The number of methoxy groups -OCH3 is 1. The maximum absolute atomic E-state index is 12.6. The Morgan fingerprint density at radius 2 is 1.76 bits per heavy atom. The second-order valence-corrected chi connectivity index (χ2v) is 7.45. The van der Waals surface area contributed by atoms with Crippen molar-refractivity contribution >= 4 is 16.7 Å². The molecule has 0 radical (unpaired) electrons. The topological polar surface area (TPSA) is 67.8 Å². The molecule has 3 aromatic carbocycles. The lowest BCUT2D eigenvalue weighted by Gasteiger charge is -2.22. The second-order valence-electron chi connectivity index (χ2n) is 7.45. The van der Waals surface area contributed by atoms with Crippen LogP contribution in [0, 0.1) is 0 Å². The smallest absolute Gasteiger partial charge is 0.310 e. The van der Waals surface area contributed by atoms with E-state index in [1.165, 1.54) is 0 Å². The third kappa shape index (κ3) is 4.58. The summed E-state index contributed by atoms with van der Waals surface area (Å²) < 4.78 is 10.9. The number of hydrogen-bond donors (Lipinski definition) is 2. The van der Waals surface area contributed by atoms with Crippen molar-refractivity contribution in [1.29, 1.82) is 0 Å². The van der Waals surface area contributed by atoms with Gasteiger partial charge in [0.1, 0.15) is 18.0 Å². The van der Waals surface area contributed by atoms with Gasteiger partial charge in [0.15, 0.2) is 0 Å². The van der Waals surface area contributed by atoms with Crippen LogP contribution in [0.15, 0.2) is 66.7 Å². The molecule has 0 unspecified atom stereocenters. The average Bonchev–Trinajstić information content (AvgIpc) is 3.07. The van der Waals surface area contributed by atoms with Gasteiger partial charge in [0, 0.05) is 6.54 Å². The van der Waals surface area contributed by atoms with E-state index in [-0.39, 0.29) is 18.4 Å². The fraction of sp³-hybridized carbons (Fsp3) is 0.292. The number of hydrogen-bond acceptors (Lipinski definition) is 5. The number of benzene rings is 3. The lowest BCUT2D eigenvalue weighted by Crippen LogP contribution is -2.39. The number of esters is 1. The Balaban J connectivity index is 1.40. The number of carbonyl (C=O) groups excluding carboxylic acids is 1. The van der Waals surface area contributed by atoms with E-state index in [2.05, 4.69) is 5.32 Å². The first kappa shape index (κ1) is 19.4. The largest absolute Gasteiger partial charge is 0.497 e. The molecule has 1 saturated heterocycles. The number of aliphatic hydroxyl groups excluding tert-OH is 1. The minimum Gasteiger partial charge on any atom is -0.497 e. The molecule has 3 atom stereocenters. The van der Waals surface area contributed by atoms with Gasteiger partial charge >= 0.3 is 5.97 Å². The van der Waals surface area contributed by atoms with Crippen molar-refractivity contribution in [3.05, 3.63) is 77.9 Å². The van der Waals surface area contributed by atoms with E-state index in [0.717, 1.165) is 27.6 Å². The molecule has 150 valence electrons. The molecule has 1 heterocycles. The zero-order chi connectivity index (χ0) is 20.2. The van der Waals surface area contributed by atoms with Crippen LogP contribution in [0.2, 0.25) is 0 Å². The molecule has 0 amide bonds. The predicted molar refractivity (Wildman–Crippen MR) is 112 cm³/mol. The third-order valence-electron chi connectivity index (χ3n) is 5.41. The van der Waals surface area contributed by atoms with Gasteiger partial charge in [-0.25, -0.2) is 0 Å². The van der Waals surface area contributed by atoms with Crippen molar-refractivity contribution in [2.24, 2.45) is 0 Å². The minimum absolute atomic E-state index is 0.126. The van der Waals surface area contributed by atoms with Crippen molar-refractivity contribution in [2.75, 3.05) is 13.7 Å². The number of β-amino-alcohol motifs (C(OH)–C–C–N with tert-alkyl or cyclic N) is 1. The number of carbonyl (C=O) groups is 1. The van der Waals surface area contributed by atoms with E-state index in [1.54, 1.807) is 7.11 Å². The van der Waals surface area contributed by atoms with Crippen LogP contribution in [0.4, 0.5) is 0 Å². The molecule has 2 N–H and O–H groups in total. The number of nitrogens with one attached hydrogen (secondary N) is 1. The number of rotatable bonds is 6. The molecule has 4 rings (SSSR count). The lowest BCUT2D eigenvalue weighted by atomic mass is 10.0. The maximum Gasteiger partial charge on any atom is 0.310 e. The van der Waals surface area contributed by atoms with E-state index < -0.39 is 12.2 Å². The highest BCUT2D eigenvalue weighted by Crippen LogP contribution is 2.21. The lowest BCUT2D eigenvalue weighted by molar-refractivity contribution is -0.153. The summed E-state index contributed by atoms with van der Waals surface area (Å²) >= 11 is 0. The highest BCUT2D eigenvalue weighted by molar-refractivity contribution is 5.84. The summed E-state index contributed by atoms with van der Waals surface area (Å²) in [5.41, 5.74) is 1.99. The standard InChI is InChI=1S/C24H25NO4/c1-28-20-10-7-16(8-11-20)13-21-24(22(26)15-25-21)29-23(27)14-17-6-9-18-4-2-3-5-19(18)12-17/h2-12,21-22,24-26H,13-15H2,1H3/t21-,22+,24+/m1/s1. The SMILES string of the molecule is COc1ccc(C[C@H]2NC[C@H](O)[C@H]2OC(=O)Cc2ccc3ccccc3c2)cc1. The highest BCUT2D eigenvalue weighted by Gasteiger charge is 2.37. The fourth-order valence-electron chi connectivity index (χ4n) is 3.85. The molecule has 5 nitrogen and oxygen atoms in total. The Morgan fingerprint density at radius 1 is 1.03 bits per heavy atom. The van der Waals surface area contributed by atoms with Gasteiger partial charge < -0.3 is 19.9 Å². The van der Waals surface area contributed by atoms with Gasteiger partial charge in [0.05, 0.1) is 19.6 Å². The van der Waals surface area contributed by atoms with E-state index in [9.17, 15) is 9.90 Å². The monoisotopic (exact) mass is 391 g/mol. The molecule has 0 aromatic heterocycles. The summed E-state index contributed by atoms with van der Waals surface area (Å²) in [6.45, 7) is 0.411. The summed E-state index contributed by atoms with van der Waals surface area (Å²) in [4.78, 5) is 12.6. The molecule has 5 heteroatoms. The number of fused-ring (bicyclic) bond motifs is 1. The molecular weight excluding hydrogens is 366 g/mol. The maximum atomic E-state index is 12.6. The van der Waals surface area contributed by atoms with Gasteiger partial charge in [0.25, 0.3) is 0 Å². The fourth-order valence-corrected chi connectivity index (χ4v) is 3.85. The van der Waals surface area contributed by atoms with Crippen LogP contribution in [-0.4, -0.2) is 43.0 Å². The van der Waals surface area contributed by atoms with Crippen LogP contribution in [0.25, 0.3) is 10.8 Å². The summed E-state index contributed by atoms with van der Waals surface area (Å²) in [5.74, 6) is 0.472. The van der Waals surface area contributed by atoms with Crippen molar-refractivity contribution < 1.29 is 19.4 Å². The number of ether oxygens (including phenoxy) is 2. The van der Waals surface area contributed by atoms with Crippen LogP contribution in [0.1, 0.15) is 11.1 Å². The van der Waals surface area contributed by atoms with Crippen LogP contribution < -0.4 is 10.1 Å². The predicted octanol–water partition coefficient (Wildman–Crippen LogP) is 2.88. The van der Waals surface area contributed by atoms with Crippen LogP contribution in [0.3, 0.4) is 0 Å². The Kier molecular flexibility index (Phi) is 5.79. The van der Waals surface area contributed by atoms with Crippen LogP contribution in [-0.2, 0) is 22.4 Å². The Bertz CT molecular complexity index is 986. The molecule has 0 aliphatic carbocycles. The molecule has 0 spiro atoms. The summed E-state index contributed by atoms with van der Waals surface area (Å²) in [6, 6.07) is 21.7. The van der Waals surface area contributed by atoms with Gasteiger partial charge in [-0.3, -0.25) is 4.79 Å². The minimum atomic E-state index is -0.709. The Morgan fingerprint density at radius 3 is 2.52 bits per heavy atom. The summed E-state index contributed by atoms with van der Waals surface area (Å²) in [5, 5.41) is 15.8. The van der Waals surface area contributed by atoms with E-state index in [0.29, 0.717) is 13.0 Å². The molecule has 0 bridgehead atoms. The Labute approximate surface area is 170 Å². The molecule has 1 aliphatic heterocycles. The van der Waals surface area contributed by atoms with Gasteiger partial charge in [-0.05, 0) is 40.5 Å². The van der Waals surface area contributed by atoms with E-state index in [1.807, 2.05) is 66.7 Å². The third-order valence-corrected chi connectivity index (χ3v) is 5.41. The molecule has 1 aliphatic rings. The summed E-state index contributed by atoms with van der Waals surface area (Å²) in [6.07, 6.45) is -0.429. The van der Waals surface area contributed by atoms with Gasteiger partial charge in [-0.1, -0.05) is 54.6 Å². The average molecular weight is 391 g/mol. The van der Waals surface area contributed by atoms with Crippen LogP contribution in [0.5, 0.6) is 5.75 Å². The van der Waals surface area contributed by atoms with Crippen LogP contribution >= 0.6 is 0 Å². The van der Waals surface area contributed by atoms with Gasteiger partial charge in [-0.15, -0.1) is 0 Å². The highest BCUT2D eigenvalue weighted by atomic mass is 16.6. The van der Waals surface area contributed by atoms with Crippen molar-refractivity contribution in [2.45, 2.75) is 31.1 Å². The summed E-state index contributed by atoms with van der Waals surface area (Å²) in [7, 11) is 1.63. The zero-order valence-corrected chi connectivity index (χ0v) is 16.4. The first-order valence-electron chi connectivity index (χ1n) is 9.84. The van der Waals surface area contributed by atoms with Crippen molar-refractivity contribution in [1.82, 2.24) is 5.32 Å². The number of aliphatic hydroxyl groups is 1. The quantitative estimate of drug-likeness (QED) is 0.633. The molecular formula is C24H25NO4. The van der Waals surface area contributed by atoms with Crippen molar-refractivity contribution in [3.63, 3.8) is 0 Å². The normalized spacial score (nSPS) is 21.2. The van der Waals surface area contributed by atoms with Gasteiger partial charge in [0.2, 0.25) is 0 Å². The molecule has 1 fully saturated rings. The zero-order valence-electron chi connectivity index (χ0n) is 16.4. The van der Waals surface area contributed by atoms with E-state index in [4.69, 9.17) is 9.47 Å². The van der Waals surface area contributed by atoms with Gasteiger partial charge in [-0.2, -0.15) is 0 Å². The first-order valence-corrected chi connectivity index (χ1v) is 9.84. The first-order chi connectivity index (χ1) is 14.1. The van der Waals surface area contributed by atoms with E-state index >= 15 is 0 Å².